The highest BCUT2D eigenvalue weighted by atomic mass is 14.7. The van der Waals surface area contributed by atoms with Gasteiger partial charge < -0.3 is 4.98 Å². The lowest BCUT2D eigenvalue weighted by Crippen LogP contribution is -1.97. The fourth-order valence-electron chi connectivity index (χ4n) is 3.14. The van der Waals surface area contributed by atoms with Gasteiger partial charge in [0.15, 0.2) is 0 Å². The molecule has 0 aliphatic heterocycles. The molecule has 0 spiro atoms. The van der Waals surface area contributed by atoms with E-state index in [2.05, 4.69) is 36.2 Å². The van der Waals surface area contributed by atoms with E-state index in [0.717, 1.165) is 5.92 Å². The monoisotopic (exact) mass is 227 g/mol. The lowest BCUT2D eigenvalue weighted by molar-refractivity contribution is 0.581. The van der Waals surface area contributed by atoms with Crippen LogP contribution in [-0.4, -0.2) is 4.98 Å². The van der Waals surface area contributed by atoms with Crippen LogP contribution in [0.25, 0.3) is 10.9 Å². The summed E-state index contributed by atoms with van der Waals surface area (Å²) in [5, 5.41) is 1.38. The Bertz CT molecular complexity index is 501. The van der Waals surface area contributed by atoms with Gasteiger partial charge in [-0.1, -0.05) is 43.9 Å². The minimum absolute atomic E-state index is 0.768. The summed E-state index contributed by atoms with van der Waals surface area (Å²) in [7, 11) is 0. The molecule has 1 N–H and O–H groups in total. The minimum atomic E-state index is 0.768. The maximum absolute atomic E-state index is 3.66. The fourth-order valence-corrected chi connectivity index (χ4v) is 3.14. The van der Waals surface area contributed by atoms with Crippen molar-refractivity contribution in [1.82, 2.24) is 4.98 Å². The van der Waals surface area contributed by atoms with Crippen LogP contribution >= 0.6 is 0 Å². The molecule has 90 valence electrons. The third kappa shape index (κ3) is 2.11. The SMILES string of the molecule is Cc1cccc2cc(C3CCCCCC3)[nH]c12. The van der Waals surface area contributed by atoms with Crippen molar-refractivity contribution in [2.45, 2.75) is 51.4 Å². The zero-order chi connectivity index (χ0) is 11.7. The summed E-state index contributed by atoms with van der Waals surface area (Å²) in [6.45, 7) is 2.19. The quantitative estimate of drug-likeness (QED) is 0.666. The number of rotatable bonds is 1. The van der Waals surface area contributed by atoms with Crippen LogP contribution < -0.4 is 0 Å². The summed E-state index contributed by atoms with van der Waals surface area (Å²) in [4.78, 5) is 3.66. The molecule has 0 atom stereocenters. The number of benzene rings is 1. The molecule has 0 bridgehead atoms. The first-order chi connectivity index (χ1) is 8.34. The van der Waals surface area contributed by atoms with Crippen LogP contribution in [0.15, 0.2) is 24.3 Å². The lowest BCUT2D eigenvalue weighted by Gasteiger charge is -2.11. The number of aryl methyl sites for hydroxylation is 1. The zero-order valence-corrected chi connectivity index (χ0v) is 10.6. The minimum Gasteiger partial charge on any atom is -0.358 e. The summed E-state index contributed by atoms with van der Waals surface area (Å²) in [6.07, 6.45) is 8.39. The van der Waals surface area contributed by atoms with Crippen molar-refractivity contribution < 1.29 is 0 Å². The van der Waals surface area contributed by atoms with E-state index in [1.165, 1.54) is 60.7 Å². The van der Waals surface area contributed by atoms with E-state index in [9.17, 15) is 0 Å². The van der Waals surface area contributed by atoms with Crippen LogP contribution in [0.1, 0.15) is 55.7 Å². The number of para-hydroxylation sites is 1. The Labute approximate surface area is 103 Å². The molecule has 0 unspecified atom stereocenters. The highest BCUT2D eigenvalue weighted by molar-refractivity contribution is 5.83. The van der Waals surface area contributed by atoms with Crippen molar-refractivity contribution in [2.24, 2.45) is 0 Å². The molecule has 1 saturated carbocycles. The Balaban J connectivity index is 1.96. The Morgan fingerprint density at radius 1 is 1.06 bits per heavy atom. The standard InChI is InChI=1S/C16H21N/c1-12-7-6-10-14-11-15(17-16(12)14)13-8-4-2-3-5-9-13/h6-7,10-11,13,17H,2-5,8-9H2,1H3. The van der Waals surface area contributed by atoms with Gasteiger partial charge in [0.25, 0.3) is 0 Å². The van der Waals surface area contributed by atoms with Crippen LogP contribution in [0.2, 0.25) is 0 Å². The average molecular weight is 227 g/mol. The third-order valence-corrected chi connectivity index (χ3v) is 4.18. The molecule has 1 heteroatoms. The van der Waals surface area contributed by atoms with Gasteiger partial charge in [0.2, 0.25) is 0 Å². The third-order valence-electron chi connectivity index (χ3n) is 4.18. The van der Waals surface area contributed by atoms with Crippen molar-refractivity contribution in [3.05, 3.63) is 35.5 Å². The van der Waals surface area contributed by atoms with Gasteiger partial charge in [-0.25, -0.2) is 0 Å². The van der Waals surface area contributed by atoms with Crippen LogP contribution in [0, 0.1) is 6.92 Å². The first kappa shape index (κ1) is 10.9. The van der Waals surface area contributed by atoms with Crippen LogP contribution in [0.5, 0.6) is 0 Å². The second-order valence-electron chi connectivity index (χ2n) is 5.45. The van der Waals surface area contributed by atoms with Gasteiger partial charge in [-0.3, -0.25) is 0 Å². The van der Waals surface area contributed by atoms with E-state index in [1.807, 2.05) is 0 Å². The molecule has 1 nitrogen and oxygen atoms in total. The van der Waals surface area contributed by atoms with Gasteiger partial charge >= 0.3 is 0 Å². The largest absolute Gasteiger partial charge is 0.358 e. The Morgan fingerprint density at radius 3 is 2.53 bits per heavy atom. The highest BCUT2D eigenvalue weighted by Gasteiger charge is 2.16. The van der Waals surface area contributed by atoms with Crippen LogP contribution in [0.4, 0.5) is 0 Å². The number of nitrogens with one attached hydrogen (secondary N) is 1. The number of hydrogen-bond acceptors (Lipinski definition) is 0. The predicted octanol–water partition coefficient (Wildman–Crippen LogP) is 4.91. The van der Waals surface area contributed by atoms with E-state index < -0.39 is 0 Å². The summed E-state index contributed by atoms with van der Waals surface area (Å²) in [6, 6.07) is 8.94. The first-order valence-electron chi connectivity index (χ1n) is 6.93. The van der Waals surface area contributed by atoms with Gasteiger partial charge in [-0.05, 0) is 42.7 Å². The molecule has 1 fully saturated rings. The molecule has 1 heterocycles. The maximum atomic E-state index is 3.66. The number of fused-ring (bicyclic) bond motifs is 1. The topological polar surface area (TPSA) is 15.8 Å². The van der Waals surface area contributed by atoms with Crippen LogP contribution in [-0.2, 0) is 0 Å². The number of hydrogen-bond donors (Lipinski definition) is 1. The number of aromatic amines is 1. The Kier molecular flexibility index (Phi) is 2.92. The zero-order valence-electron chi connectivity index (χ0n) is 10.6. The van der Waals surface area contributed by atoms with E-state index in [4.69, 9.17) is 0 Å². The number of aromatic nitrogens is 1. The summed E-state index contributed by atoms with van der Waals surface area (Å²) in [5.74, 6) is 0.768. The molecule has 1 aliphatic rings. The molecule has 3 rings (SSSR count). The molecular weight excluding hydrogens is 206 g/mol. The second kappa shape index (κ2) is 4.56. The molecule has 1 aromatic carbocycles. The summed E-state index contributed by atoms with van der Waals surface area (Å²) < 4.78 is 0. The van der Waals surface area contributed by atoms with Crippen LogP contribution in [0.3, 0.4) is 0 Å². The molecule has 2 aromatic rings. The molecule has 0 radical (unpaired) electrons. The molecule has 17 heavy (non-hydrogen) atoms. The van der Waals surface area contributed by atoms with Gasteiger partial charge in [0, 0.05) is 11.2 Å². The van der Waals surface area contributed by atoms with Crippen molar-refractivity contribution in [2.75, 3.05) is 0 Å². The molecule has 0 amide bonds. The lowest BCUT2D eigenvalue weighted by atomic mass is 9.97. The first-order valence-corrected chi connectivity index (χ1v) is 6.93. The second-order valence-corrected chi connectivity index (χ2v) is 5.45. The van der Waals surface area contributed by atoms with E-state index in [1.54, 1.807) is 0 Å². The molecule has 1 aromatic heterocycles. The average Bonchev–Trinajstić information content (AvgIpc) is 2.59. The Hall–Kier alpha value is -1.24. The fraction of sp³-hybridized carbons (Fsp3) is 0.500. The molecular formula is C16H21N. The maximum Gasteiger partial charge on any atom is 0.0485 e. The van der Waals surface area contributed by atoms with Crippen molar-refractivity contribution in [3.63, 3.8) is 0 Å². The molecule has 1 aliphatic carbocycles. The number of H-pyrrole nitrogens is 1. The Morgan fingerprint density at radius 2 is 1.82 bits per heavy atom. The smallest absolute Gasteiger partial charge is 0.0485 e. The van der Waals surface area contributed by atoms with Crippen molar-refractivity contribution in [1.29, 1.82) is 0 Å². The van der Waals surface area contributed by atoms with E-state index >= 15 is 0 Å². The van der Waals surface area contributed by atoms with Crippen molar-refractivity contribution in [3.8, 4) is 0 Å². The predicted molar refractivity (Wildman–Crippen MR) is 73.5 cm³/mol. The van der Waals surface area contributed by atoms with Gasteiger partial charge in [-0.15, -0.1) is 0 Å². The van der Waals surface area contributed by atoms with E-state index in [-0.39, 0.29) is 0 Å². The summed E-state index contributed by atoms with van der Waals surface area (Å²) >= 11 is 0. The van der Waals surface area contributed by atoms with E-state index in [0.29, 0.717) is 0 Å². The summed E-state index contributed by atoms with van der Waals surface area (Å²) in [5.41, 5.74) is 4.17. The normalized spacial score (nSPS) is 18.4. The van der Waals surface area contributed by atoms with Gasteiger partial charge in [0.1, 0.15) is 0 Å². The van der Waals surface area contributed by atoms with Gasteiger partial charge in [0.05, 0.1) is 0 Å². The van der Waals surface area contributed by atoms with Gasteiger partial charge in [-0.2, -0.15) is 0 Å². The van der Waals surface area contributed by atoms with Crippen molar-refractivity contribution >= 4 is 10.9 Å². The molecule has 0 saturated heterocycles. The highest BCUT2D eigenvalue weighted by Crippen LogP contribution is 2.33.